The van der Waals surface area contributed by atoms with Gasteiger partial charge >= 0.3 is 0 Å². The van der Waals surface area contributed by atoms with Gasteiger partial charge in [-0.2, -0.15) is 0 Å². The van der Waals surface area contributed by atoms with Crippen molar-refractivity contribution < 1.29 is 8.81 Å². The molecule has 3 aromatic heterocycles. The first-order chi connectivity index (χ1) is 15.2. The summed E-state index contributed by atoms with van der Waals surface area (Å²) in [6, 6.07) is 12.6. The van der Waals surface area contributed by atoms with Crippen LogP contribution in [0.1, 0.15) is 25.1 Å². The van der Waals surface area contributed by atoms with Crippen LogP contribution in [-0.2, 0) is 0 Å². The molecule has 0 aliphatic heterocycles. The van der Waals surface area contributed by atoms with Gasteiger partial charge in [0.1, 0.15) is 29.0 Å². The molecule has 5 rings (SSSR count). The minimum Gasteiger partial charge on any atom is -0.458 e. The first-order valence-electron chi connectivity index (χ1n) is 9.88. The van der Waals surface area contributed by atoms with E-state index in [1.54, 1.807) is 36.7 Å². The Kier molecular flexibility index (Phi) is 6.00. The molecule has 0 spiro atoms. The number of benzene rings is 2. The molecule has 0 radical (unpaired) electrons. The van der Waals surface area contributed by atoms with Crippen LogP contribution in [0, 0.1) is 5.82 Å². The van der Waals surface area contributed by atoms with Gasteiger partial charge < -0.3 is 14.7 Å². The van der Waals surface area contributed by atoms with E-state index >= 15 is 0 Å². The fourth-order valence-corrected chi connectivity index (χ4v) is 3.71. The number of halogens is 2. The quantitative estimate of drug-likeness (QED) is 0.338. The highest BCUT2D eigenvalue weighted by atomic mass is 79.9. The molecule has 9 heteroatoms. The molecular formula is C23H19BrFN5O2. The Morgan fingerprint density at radius 2 is 1.97 bits per heavy atom. The Morgan fingerprint density at radius 3 is 2.78 bits per heavy atom. The number of hydrogen-bond acceptors (Lipinski definition) is 6. The number of aromatic amines is 1. The fourth-order valence-electron chi connectivity index (χ4n) is 3.71. The lowest BCUT2D eigenvalue weighted by molar-refractivity contribution is 0.495. The van der Waals surface area contributed by atoms with Crippen LogP contribution in [0.5, 0.6) is 0 Å². The van der Waals surface area contributed by atoms with Gasteiger partial charge in [0.2, 0.25) is 5.43 Å². The average Bonchev–Trinajstić information content (AvgIpc) is 3.27. The zero-order valence-corrected chi connectivity index (χ0v) is 18.7. The molecule has 2 N–H and O–H groups in total. The zero-order valence-electron chi connectivity index (χ0n) is 17.0. The monoisotopic (exact) mass is 495 g/mol. The topological polar surface area (TPSA) is 96.7 Å². The van der Waals surface area contributed by atoms with Gasteiger partial charge in [-0.3, -0.25) is 4.79 Å². The second kappa shape index (κ2) is 8.88. The first kappa shape index (κ1) is 21.6. The summed E-state index contributed by atoms with van der Waals surface area (Å²) >= 11 is 0. The molecule has 2 aromatic carbocycles. The molecule has 0 bridgehead atoms. The molecule has 0 aliphatic rings. The minimum atomic E-state index is -0.425. The predicted molar refractivity (Wildman–Crippen MR) is 127 cm³/mol. The smallest absolute Gasteiger partial charge is 0.200 e. The van der Waals surface area contributed by atoms with E-state index in [0.717, 1.165) is 0 Å². The van der Waals surface area contributed by atoms with E-state index in [2.05, 4.69) is 25.3 Å². The summed E-state index contributed by atoms with van der Waals surface area (Å²) in [6.07, 6.45) is 3.55. The lowest BCUT2D eigenvalue weighted by atomic mass is 9.97. The number of fused-ring (bicyclic) bond motifs is 2. The van der Waals surface area contributed by atoms with Crippen molar-refractivity contribution in [1.29, 1.82) is 0 Å². The molecule has 0 saturated heterocycles. The number of H-pyrrole nitrogens is 1. The molecule has 32 heavy (non-hydrogen) atoms. The van der Waals surface area contributed by atoms with E-state index < -0.39 is 11.9 Å². The third-order valence-electron chi connectivity index (χ3n) is 5.19. The van der Waals surface area contributed by atoms with Crippen molar-refractivity contribution in [3.05, 3.63) is 83.0 Å². The van der Waals surface area contributed by atoms with E-state index in [-0.39, 0.29) is 22.4 Å². The van der Waals surface area contributed by atoms with Crippen molar-refractivity contribution in [3.8, 4) is 11.1 Å². The van der Waals surface area contributed by atoms with E-state index in [1.807, 2.05) is 13.0 Å². The van der Waals surface area contributed by atoms with E-state index in [9.17, 15) is 9.18 Å². The lowest BCUT2D eigenvalue weighted by Crippen LogP contribution is -2.17. The van der Waals surface area contributed by atoms with Gasteiger partial charge in [-0.25, -0.2) is 19.3 Å². The number of hydrogen-bond donors (Lipinski definition) is 2. The minimum absolute atomic E-state index is 0. The molecule has 1 atom stereocenters. The molecule has 0 aliphatic carbocycles. The van der Waals surface area contributed by atoms with E-state index in [4.69, 9.17) is 4.42 Å². The highest BCUT2D eigenvalue weighted by molar-refractivity contribution is 8.93. The van der Waals surface area contributed by atoms with Gasteiger partial charge in [0.25, 0.3) is 0 Å². The number of imidazole rings is 1. The summed E-state index contributed by atoms with van der Waals surface area (Å²) in [5.41, 5.74) is 2.21. The predicted octanol–water partition coefficient (Wildman–Crippen LogP) is 5.41. The summed E-state index contributed by atoms with van der Waals surface area (Å²) in [6.45, 7) is 1.96. The molecule has 3 heterocycles. The molecule has 1 unspecified atom stereocenters. The maximum Gasteiger partial charge on any atom is 0.200 e. The van der Waals surface area contributed by atoms with Gasteiger partial charge in [-0.05, 0) is 36.2 Å². The zero-order chi connectivity index (χ0) is 21.4. The summed E-state index contributed by atoms with van der Waals surface area (Å²) in [4.78, 5) is 29.1. The normalized spacial score (nSPS) is 11.9. The van der Waals surface area contributed by atoms with Crippen molar-refractivity contribution in [3.63, 3.8) is 0 Å². The van der Waals surface area contributed by atoms with Crippen LogP contribution < -0.4 is 10.7 Å². The SMILES string of the molecule is Br.CCC(Nc1ncnc2[nH]cnc12)c1oc2ccccc2c(=O)c1-c1cccc(F)c1. The molecular weight excluding hydrogens is 477 g/mol. The van der Waals surface area contributed by atoms with Crippen LogP contribution in [0.4, 0.5) is 10.2 Å². The Balaban J connectivity index is 0.00000245. The average molecular weight is 496 g/mol. The first-order valence-corrected chi connectivity index (χ1v) is 9.88. The highest BCUT2D eigenvalue weighted by Crippen LogP contribution is 2.33. The van der Waals surface area contributed by atoms with Crippen molar-refractivity contribution in [2.45, 2.75) is 19.4 Å². The number of para-hydroxylation sites is 1. The summed E-state index contributed by atoms with van der Waals surface area (Å²) in [5.74, 6) is 0.504. The molecule has 5 aromatic rings. The second-order valence-corrected chi connectivity index (χ2v) is 7.10. The van der Waals surface area contributed by atoms with Gasteiger partial charge in [-0.1, -0.05) is 31.2 Å². The Labute approximate surface area is 192 Å². The molecule has 0 saturated carbocycles. The number of nitrogens with one attached hydrogen (secondary N) is 2. The highest BCUT2D eigenvalue weighted by Gasteiger charge is 2.24. The number of aromatic nitrogens is 4. The van der Waals surface area contributed by atoms with Crippen LogP contribution in [0.25, 0.3) is 33.3 Å². The van der Waals surface area contributed by atoms with Gasteiger partial charge in [0.15, 0.2) is 11.5 Å². The van der Waals surface area contributed by atoms with Crippen LogP contribution in [-0.4, -0.2) is 19.9 Å². The summed E-state index contributed by atoms with van der Waals surface area (Å²) in [5, 5.41) is 3.77. The van der Waals surface area contributed by atoms with Crippen molar-refractivity contribution in [1.82, 2.24) is 19.9 Å². The van der Waals surface area contributed by atoms with E-state index in [1.165, 1.54) is 18.5 Å². The third-order valence-corrected chi connectivity index (χ3v) is 5.19. The molecule has 162 valence electrons. The maximum absolute atomic E-state index is 14.0. The summed E-state index contributed by atoms with van der Waals surface area (Å²) in [7, 11) is 0. The van der Waals surface area contributed by atoms with Crippen LogP contribution in [0.2, 0.25) is 0 Å². The van der Waals surface area contributed by atoms with Crippen LogP contribution in [0.15, 0.2) is 70.4 Å². The van der Waals surface area contributed by atoms with Gasteiger partial charge in [0.05, 0.1) is 23.3 Å². The van der Waals surface area contributed by atoms with Crippen LogP contribution in [0.3, 0.4) is 0 Å². The maximum atomic E-state index is 14.0. The Bertz CT molecular complexity index is 1470. The largest absolute Gasteiger partial charge is 0.458 e. The number of nitrogens with zero attached hydrogens (tertiary/aromatic N) is 3. The van der Waals surface area contributed by atoms with Crippen LogP contribution >= 0.6 is 17.0 Å². The molecule has 7 nitrogen and oxygen atoms in total. The molecule has 0 amide bonds. The third kappa shape index (κ3) is 3.75. The number of rotatable bonds is 5. The molecule has 0 fully saturated rings. The summed E-state index contributed by atoms with van der Waals surface area (Å²) < 4.78 is 20.3. The van der Waals surface area contributed by atoms with Gasteiger partial charge in [0, 0.05) is 0 Å². The van der Waals surface area contributed by atoms with Crippen molar-refractivity contribution >= 4 is 44.9 Å². The standard InChI is InChI=1S/C23H18FN5O2.BrH/c1-2-16(29-23-19-22(26-11-25-19)27-12-28-23)21-18(13-6-5-7-14(24)10-13)20(30)15-8-3-4-9-17(15)31-21;/h3-12,16H,2H2,1H3,(H2,25,26,27,28,29);1H. The Morgan fingerprint density at radius 1 is 1.12 bits per heavy atom. The fraction of sp³-hybridized carbons (Fsp3) is 0.130. The van der Waals surface area contributed by atoms with E-state index in [0.29, 0.717) is 51.3 Å². The Hall–Kier alpha value is -3.59. The van der Waals surface area contributed by atoms with Gasteiger partial charge in [-0.15, -0.1) is 17.0 Å². The lowest BCUT2D eigenvalue weighted by Gasteiger charge is -2.20. The number of anilines is 1. The second-order valence-electron chi connectivity index (χ2n) is 7.10. The van der Waals surface area contributed by atoms with Crippen molar-refractivity contribution in [2.24, 2.45) is 0 Å². The van der Waals surface area contributed by atoms with Crippen molar-refractivity contribution in [2.75, 3.05) is 5.32 Å².